The molecule has 3 nitrogen and oxygen atoms in total. The van der Waals surface area contributed by atoms with Crippen molar-refractivity contribution in [2.24, 2.45) is 5.73 Å². The minimum Gasteiger partial charge on any atom is -0.504 e. The molecular weight excluding hydrogens is 265 g/mol. The van der Waals surface area contributed by atoms with E-state index < -0.39 is 17.3 Å². The maximum atomic E-state index is 13.0. The average molecular weight is 278 g/mol. The highest BCUT2D eigenvalue weighted by atomic mass is 79.9. The van der Waals surface area contributed by atoms with Gasteiger partial charge >= 0.3 is 0 Å². The van der Waals surface area contributed by atoms with Gasteiger partial charge in [0.1, 0.15) is 0 Å². The van der Waals surface area contributed by atoms with Crippen LogP contribution in [0.5, 0.6) is 11.5 Å². The Morgan fingerprint density at radius 2 is 2.07 bits per heavy atom. The van der Waals surface area contributed by atoms with Crippen molar-refractivity contribution in [2.45, 2.75) is 19.3 Å². The summed E-state index contributed by atoms with van der Waals surface area (Å²) in [6, 6.07) is 1.14. The molecule has 0 aliphatic carbocycles. The molecule has 1 rings (SSSR count). The predicted molar refractivity (Wildman–Crippen MR) is 59.5 cm³/mol. The van der Waals surface area contributed by atoms with E-state index >= 15 is 0 Å². The minimum absolute atomic E-state index is 0.0455. The highest BCUT2D eigenvalue weighted by Gasteiger charge is 2.20. The van der Waals surface area contributed by atoms with E-state index in [2.05, 4.69) is 15.9 Å². The van der Waals surface area contributed by atoms with Gasteiger partial charge in [-0.3, -0.25) is 0 Å². The van der Waals surface area contributed by atoms with Crippen molar-refractivity contribution in [3.8, 4) is 11.5 Å². The third-order valence-electron chi connectivity index (χ3n) is 2.31. The summed E-state index contributed by atoms with van der Waals surface area (Å²) in [7, 11) is 0. The Morgan fingerprint density at radius 1 is 1.47 bits per heavy atom. The molecule has 1 unspecified atom stereocenters. The van der Waals surface area contributed by atoms with Crippen molar-refractivity contribution < 1.29 is 14.6 Å². The lowest BCUT2D eigenvalue weighted by Gasteiger charge is -2.15. The van der Waals surface area contributed by atoms with Crippen molar-refractivity contribution in [1.29, 1.82) is 0 Å². The molecule has 0 aliphatic heterocycles. The Labute approximate surface area is 95.9 Å². The molecular formula is C10H13BrFNO2. The second-order valence-electron chi connectivity index (χ2n) is 3.43. The van der Waals surface area contributed by atoms with Crippen LogP contribution in [0.25, 0.3) is 0 Å². The topological polar surface area (TPSA) is 66.5 Å². The van der Waals surface area contributed by atoms with E-state index in [1.54, 1.807) is 0 Å². The van der Waals surface area contributed by atoms with Crippen LogP contribution in [-0.4, -0.2) is 16.8 Å². The molecule has 15 heavy (non-hydrogen) atoms. The first-order valence-electron chi connectivity index (χ1n) is 4.59. The molecule has 0 fully saturated rings. The standard InChI is InChI=1S/C10H13BrFNO2/c1-5(2-3-13)8-6(11)4-7(12)9(14)10(8)15/h4-5,14-15H,2-3,13H2,1H3. The first kappa shape index (κ1) is 12.3. The normalized spacial score (nSPS) is 12.8. The molecule has 0 amide bonds. The second kappa shape index (κ2) is 4.81. The third kappa shape index (κ3) is 2.41. The molecule has 4 N–H and O–H groups in total. The molecule has 0 heterocycles. The number of phenolic OH excluding ortho intramolecular Hbond substituents is 2. The fourth-order valence-electron chi connectivity index (χ4n) is 1.47. The third-order valence-corrected chi connectivity index (χ3v) is 2.96. The van der Waals surface area contributed by atoms with E-state index in [1.807, 2.05) is 6.92 Å². The Hall–Kier alpha value is -0.810. The van der Waals surface area contributed by atoms with Gasteiger partial charge in [0, 0.05) is 10.0 Å². The summed E-state index contributed by atoms with van der Waals surface area (Å²) < 4.78 is 13.4. The Balaban J connectivity index is 3.23. The molecule has 0 bridgehead atoms. The van der Waals surface area contributed by atoms with Crippen LogP contribution in [0.2, 0.25) is 0 Å². The van der Waals surface area contributed by atoms with Gasteiger partial charge in [0.15, 0.2) is 17.3 Å². The number of rotatable bonds is 3. The average Bonchev–Trinajstić information content (AvgIpc) is 2.15. The molecule has 1 atom stereocenters. The lowest BCUT2D eigenvalue weighted by atomic mass is 9.96. The molecule has 0 aromatic heterocycles. The summed E-state index contributed by atoms with van der Waals surface area (Å²) in [6.45, 7) is 2.31. The number of hydrogen-bond acceptors (Lipinski definition) is 3. The molecule has 0 radical (unpaired) electrons. The van der Waals surface area contributed by atoms with E-state index in [0.29, 0.717) is 23.0 Å². The monoisotopic (exact) mass is 277 g/mol. The minimum atomic E-state index is -0.844. The number of aromatic hydroxyl groups is 2. The van der Waals surface area contributed by atoms with Gasteiger partial charge in [-0.2, -0.15) is 0 Å². The maximum Gasteiger partial charge on any atom is 0.194 e. The van der Waals surface area contributed by atoms with Crippen molar-refractivity contribution >= 4 is 15.9 Å². The highest BCUT2D eigenvalue weighted by molar-refractivity contribution is 9.10. The van der Waals surface area contributed by atoms with E-state index in [4.69, 9.17) is 5.73 Å². The van der Waals surface area contributed by atoms with Gasteiger partial charge in [0.05, 0.1) is 0 Å². The SMILES string of the molecule is CC(CCN)c1c(Br)cc(F)c(O)c1O. The summed E-state index contributed by atoms with van der Waals surface area (Å²) >= 11 is 3.15. The molecule has 0 spiro atoms. The zero-order valence-corrected chi connectivity index (χ0v) is 9.88. The van der Waals surface area contributed by atoms with Crippen LogP contribution in [-0.2, 0) is 0 Å². The van der Waals surface area contributed by atoms with Crippen molar-refractivity contribution in [3.05, 3.63) is 21.9 Å². The molecule has 1 aromatic rings. The van der Waals surface area contributed by atoms with E-state index in [-0.39, 0.29) is 5.92 Å². The van der Waals surface area contributed by atoms with Crippen LogP contribution in [0.1, 0.15) is 24.8 Å². The first-order valence-corrected chi connectivity index (χ1v) is 5.38. The number of halogens is 2. The summed E-state index contributed by atoms with van der Waals surface area (Å²) in [5.74, 6) is -2.01. The van der Waals surface area contributed by atoms with Crippen molar-refractivity contribution in [1.82, 2.24) is 0 Å². The zero-order chi connectivity index (χ0) is 11.6. The summed E-state index contributed by atoms with van der Waals surface area (Å²) in [6.07, 6.45) is 0.650. The Kier molecular flexibility index (Phi) is 3.93. The largest absolute Gasteiger partial charge is 0.504 e. The number of hydrogen-bond donors (Lipinski definition) is 3. The summed E-state index contributed by atoms with van der Waals surface area (Å²) in [5, 5.41) is 18.8. The van der Waals surface area contributed by atoms with Crippen LogP contribution in [0.4, 0.5) is 4.39 Å². The quantitative estimate of drug-likeness (QED) is 0.744. The Morgan fingerprint density at radius 3 is 2.60 bits per heavy atom. The summed E-state index contributed by atoms with van der Waals surface area (Å²) in [4.78, 5) is 0. The van der Waals surface area contributed by atoms with E-state index in [9.17, 15) is 14.6 Å². The second-order valence-corrected chi connectivity index (χ2v) is 4.28. The van der Waals surface area contributed by atoms with Crippen LogP contribution in [0.3, 0.4) is 0 Å². The molecule has 0 saturated heterocycles. The molecule has 0 aliphatic rings. The van der Waals surface area contributed by atoms with Crippen LogP contribution < -0.4 is 5.73 Å². The van der Waals surface area contributed by atoms with Crippen molar-refractivity contribution in [2.75, 3.05) is 6.54 Å². The van der Waals surface area contributed by atoms with Gasteiger partial charge in [-0.05, 0) is 24.9 Å². The van der Waals surface area contributed by atoms with Crippen LogP contribution in [0.15, 0.2) is 10.5 Å². The maximum absolute atomic E-state index is 13.0. The molecule has 1 aromatic carbocycles. The van der Waals surface area contributed by atoms with Crippen LogP contribution >= 0.6 is 15.9 Å². The van der Waals surface area contributed by atoms with Gasteiger partial charge < -0.3 is 15.9 Å². The number of benzene rings is 1. The van der Waals surface area contributed by atoms with E-state index in [0.717, 1.165) is 6.07 Å². The van der Waals surface area contributed by atoms with E-state index in [1.165, 1.54) is 0 Å². The van der Waals surface area contributed by atoms with Gasteiger partial charge in [-0.25, -0.2) is 4.39 Å². The zero-order valence-electron chi connectivity index (χ0n) is 8.30. The smallest absolute Gasteiger partial charge is 0.194 e. The fraction of sp³-hybridized carbons (Fsp3) is 0.400. The lowest BCUT2D eigenvalue weighted by Crippen LogP contribution is -2.05. The van der Waals surface area contributed by atoms with Gasteiger partial charge in [0.2, 0.25) is 0 Å². The molecule has 84 valence electrons. The molecule has 5 heteroatoms. The lowest BCUT2D eigenvalue weighted by molar-refractivity contribution is 0.372. The molecule has 0 saturated carbocycles. The first-order chi connectivity index (χ1) is 6.99. The summed E-state index contributed by atoms with van der Waals surface area (Å²) in [5.41, 5.74) is 5.89. The predicted octanol–water partition coefficient (Wildman–Crippen LogP) is 2.45. The van der Waals surface area contributed by atoms with Gasteiger partial charge in [-0.15, -0.1) is 0 Å². The Bertz CT molecular complexity index is 371. The van der Waals surface area contributed by atoms with Crippen LogP contribution in [0, 0.1) is 5.82 Å². The van der Waals surface area contributed by atoms with Gasteiger partial charge in [-0.1, -0.05) is 22.9 Å². The fourth-order valence-corrected chi connectivity index (χ4v) is 2.25. The number of nitrogens with two attached hydrogens (primary N) is 1. The number of phenols is 2. The van der Waals surface area contributed by atoms with Gasteiger partial charge in [0.25, 0.3) is 0 Å². The van der Waals surface area contributed by atoms with Crippen molar-refractivity contribution in [3.63, 3.8) is 0 Å². The highest BCUT2D eigenvalue weighted by Crippen LogP contribution is 2.41.